The fourth-order valence-corrected chi connectivity index (χ4v) is 2.49. The van der Waals surface area contributed by atoms with Gasteiger partial charge in [0, 0.05) is 10.7 Å². The monoisotopic (exact) mass is 292 g/mol. The Balaban J connectivity index is 2.23. The number of anilines is 1. The molecule has 3 aromatic rings. The second kappa shape index (κ2) is 4.44. The molecule has 3 rings (SSSR count). The minimum absolute atomic E-state index is 0.463. The third-order valence-corrected chi connectivity index (χ3v) is 3.41. The number of nitrogens with zero attached hydrogens (tertiary/aromatic N) is 1. The molecule has 0 aliphatic rings. The highest BCUT2D eigenvalue weighted by molar-refractivity contribution is 6.36. The number of hydrogen-bond donors (Lipinski definition) is 1. The number of fused-ring (bicyclic) bond motifs is 1. The van der Waals surface area contributed by atoms with Gasteiger partial charge in [-0.2, -0.15) is 0 Å². The Morgan fingerprint density at radius 2 is 1.95 bits per heavy atom. The number of benzene rings is 2. The van der Waals surface area contributed by atoms with Crippen molar-refractivity contribution >= 4 is 40.0 Å². The number of halogens is 2. The first-order valence-corrected chi connectivity index (χ1v) is 6.42. The van der Waals surface area contributed by atoms with E-state index < -0.39 is 0 Å². The summed E-state index contributed by atoms with van der Waals surface area (Å²) in [5, 5.41) is 1.08. The molecule has 0 spiro atoms. The van der Waals surface area contributed by atoms with Crippen LogP contribution in [0.2, 0.25) is 10.0 Å². The van der Waals surface area contributed by atoms with E-state index in [9.17, 15) is 0 Å². The van der Waals surface area contributed by atoms with Gasteiger partial charge in [-0.3, -0.25) is 0 Å². The van der Waals surface area contributed by atoms with Crippen LogP contribution in [0.25, 0.3) is 22.6 Å². The van der Waals surface area contributed by atoms with E-state index in [0.717, 1.165) is 16.7 Å². The Kier molecular flexibility index (Phi) is 2.88. The van der Waals surface area contributed by atoms with E-state index in [2.05, 4.69) is 4.98 Å². The van der Waals surface area contributed by atoms with E-state index in [1.165, 1.54) is 0 Å². The topological polar surface area (TPSA) is 52.0 Å². The van der Waals surface area contributed by atoms with Crippen molar-refractivity contribution in [3.05, 3.63) is 45.9 Å². The van der Waals surface area contributed by atoms with Crippen LogP contribution in [0.3, 0.4) is 0 Å². The summed E-state index contributed by atoms with van der Waals surface area (Å²) in [4.78, 5) is 4.42. The van der Waals surface area contributed by atoms with Gasteiger partial charge in [0.1, 0.15) is 5.52 Å². The molecule has 0 atom stereocenters. The second-order valence-electron chi connectivity index (χ2n) is 4.33. The van der Waals surface area contributed by atoms with Crippen LogP contribution in [0.4, 0.5) is 5.69 Å². The molecule has 2 aromatic carbocycles. The molecular weight excluding hydrogens is 283 g/mol. The minimum atomic E-state index is 0.463. The molecule has 0 radical (unpaired) electrons. The summed E-state index contributed by atoms with van der Waals surface area (Å²) < 4.78 is 5.77. The Morgan fingerprint density at radius 1 is 1.16 bits per heavy atom. The zero-order chi connectivity index (χ0) is 13.6. The van der Waals surface area contributed by atoms with Crippen LogP contribution < -0.4 is 5.73 Å². The molecule has 0 bridgehead atoms. The molecule has 1 heterocycles. The van der Waals surface area contributed by atoms with Crippen LogP contribution in [-0.2, 0) is 0 Å². The number of nitrogens with two attached hydrogens (primary N) is 1. The summed E-state index contributed by atoms with van der Waals surface area (Å²) in [6.07, 6.45) is 0. The summed E-state index contributed by atoms with van der Waals surface area (Å²) in [5.74, 6) is 0.463. The molecule has 0 saturated heterocycles. The number of oxazole rings is 1. The summed E-state index contributed by atoms with van der Waals surface area (Å²) in [6.45, 7) is 1.93. The molecule has 0 aliphatic heterocycles. The van der Waals surface area contributed by atoms with Crippen molar-refractivity contribution in [2.75, 3.05) is 5.73 Å². The normalized spacial score (nSPS) is 11.1. The molecule has 0 fully saturated rings. The molecule has 0 saturated carbocycles. The SMILES string of the molecule is Cc1cc(N)cc2nc(-c3ccc(Cl)cc3Cl)oc12. The second-order valence-corrected chi connectivity index (χ2v) is 5.17. The molecule has 96 valence electrons. The summed E-state index contributed by atoms with van der Waals surface area (Å²) >= 11 is 12.0. The number of aromatic nitrogens is 1. The maximum absolute atomic E-state index is 6.15. The largest absolute Gasteiger partial charge is 0.436 e. The van der Waals surface area contributed by atoms with E-state index in [1.54, 1.807) is 24.3 Å². The third kappa shape index (κ3) is 2.15. The Morgan fingerprint density at radius 3 is 2.68 bits per heavy atom. The van der Waals surface area contributed by atoms with Gasteiger partial charge in [-0.25, -0.2) is 4.98 Å². The van der Waals surface area contributed by atoms with Crippen molar-refractivity contribution in [3.63, 3.8) is 0 Å². The van der Waals surface area contributed by atoms with Gasteiger partial charge in [0.15, 0.2) is 5.58 Å². The third-order valence-electron chi connectivity index (χ3n) is 2.86. The van der Waals surface area contributed by atoms with Crippen molar-refractivity contribution in [2.45, 2.75) is 6.92 Å². The van der Waals surface area contributed by atoms with Crippen LogP contribution in [0, 0.1) is 6.92 Å². The lowest BCUT2D eigenvalue weighted by atomic mass is 10.2. The van der Waals surface area contributed by atoms with E-state index in [0.29, 0.717) is 27.2 Å². The Hall–Kier alpha value is -1.71. The number of hydrogen-bond acceptors (Lipinski definition) is 3. The zero-order valence-corrected chi connectivity index (χ0v) is 11.6. The number of nitrogen functional groups attached to an aromatic ring is 1. The fraction of sp³-hybridized carbons (Fsp3) is 0.0714. The number of rotatable bonds is 1. The molecule has 0 unspecified atom stereocenters. The van der Waals surface area contributed by atoms with Gasteiger partial charge in [-0.1, -0.05) is 23.2 Å². The lowest BCUT2D eigenvalue weighted by Crippen LogP contribution is -1.85. The average Bonchev–Trinajstić information content (AvgIpc) is 2.72. The maximum Gasteiger partial charge on any atom is 0.228 e. The van der Waals surface area contributed by atoms with Crippen molar-refractivity contribution in [1.29, 1.82) is 0 Å². The van der Waals surface area contributed by atoms with Crippen LogP contribution in [0.1, 0.15) is 5.56 Å². The van der Waals surface area contributed by atoms with Gasteiger partial charge in [0.2, 0.25) is 5.89 Å². The van der Waals surface area contributed by atoms with E-state index in [4.69, 9.17) is 33.4 Å². The minimum Gasteiger partial charge on any atom is -0.436 e. The molecule has 1 aromatic heterocycles. The van der Waals surface area contributed by atoms with Gasteiger partial charge in [0.05, 0.1) is 10.6 Å². The van der Waals surface area contributed by atoms with Crippen LogP contribution in [0.5, 0.6) is 0 Å². The summed E-state index contributed by atoms with van der Waals surface area (Å²) in [5.41, 5.74) is 9.55. The first-order valence-electron chi connectivity index (χ1n) is 5.66. The van der Waals surface area contributed by atoms with E-state index in [-0.39, 0.29) is 0 Å². The predicted molar refractivity (Wildman–Crippen MR) is 78.6 cm³/mol. The lowest BCUT2D eigenvalue weighted by Gasteiger charge is -1.99. The highest BCUT2D eigenvalue weighted by Gasteiger charge is 2.13. The molecule has 3 nitrogen and oxygen atoms in total. The summed E-state index contributed by atoms with van der Waals surface area (Å²) in [7, 11) is 0. The van der Waals surface area contributed by atoms with Crippen LogP contribution >= 0.6 is 23.2 Å². The standard InChI is InChI=1S/C14H10Cl2N2O/c1-7-4-9(17)6-12-13(7)19-14(18-12)10-3-2-8(15)5-11(10)16/h2-6H,17H2,1H3. The maximum atomic E-state index is 6.15. The number of aryl methyl sites for hydroxylation is 1. The molecule has 19 heavy (non-hydrogen) atoms. The van der Waals surface area contributed by atoms with Gasteiger partial charge in [0.25, 0.3) is 0 Å². The van der Waals surface area contributed by atoms with Crippen LogP contribution in [-0.4, -0.2) is 4.98 Å². The van der Waals surface area contributed by atoms with Crippen LogP contribution in [0.15, 0.2) is 34.7 Å². The summed E-state index contributed by atoms with van der Waals surface area (Å²) in [6, 6.07) is 8.82. The van der Waals surface area contributed by atoms with Gasteiger partial charge in [-0.15, -0.1) is 0 Å². The van der Waals surface area contributed by atoms with Crippen molar-refractivity contribution in [1.82, 2.24) is 4.98 Å². The molecule has 0 aliphatic carbocycles. The first kappa shape index (κ1) is 12.3. The van der Waals surface area contributed by atoms with Gasteiger partial charge >= 0.3 is 0 Å². The Bertz CT molecular complexity index is 780. The van der Waals surface area contributed by atoms with Crippen molar-refractivity contribution in [3.8, 4) is 11.5 Å². The first-order chi connectivity index (χ1) is 9.04. The predicted octanol–water partition coefficient (Wildman–Crippen LogP) is 4.69. The van der Waals surface area contributed by atoms with E-state index in [1.807, 2.05) is 13.0 Å². The molecular formula is C14H10Cl2N2O. The van der Waals surface area contributed by atoms with Gasteiger partial charge < -0.3 is 10.2 Å². The quantitative estimate of drug-likeness (QED) is 0.662. The fourth-order valence-electron chi connectivity index (χ4n) is 2.01. The van der Waals surface area contributed by atoms with Gasteiger partial charge in [-0.05, 0) is 42.8 Å². The molecule has 2 N–H and O–H groups in total. The Labute approximate surface area is 119 Å². The average molecular weight is 293 g/mol. The molecule has 5 heteroatoms. The zero-order valence-electron chi connectivity index (χ0n) is 10.1. The van der Waals surface area contributed by atoms with Crippen molar-refractivity contribution in [2.24, 2.45) is 0 Å². The smallest absolute Gasteiger partial charge is 0.228 e. The van der Waals surface area contributed by atoms with E-state index >= 15 is 0 Å². The highest BCUT2D eigenvalue weighted by atomic mass is 35.5. The molecule has 0 amide bonds. The highest BCUT2D eigenvalue weighted by Crippen LogP contribution is 2.33. The lowest BCUT2D eigenvalue weighted by molar-refractivity contribution is 0.617. The van der Waals surface area contributed by atoms with Crippen molar-refractivity contribution < 1.29 is 4.42 Å².